The van der Waals surface area contributed by atoms with E-state index < -0.39 is 23.0 Å². The topological polar surface area (TPSA) is 125 Å². The van der Waals surface area contributed by atoms with Crippen LogP contribution in [0.2, 0.25) is 0 Å². The lowest BCUT2D eigenvalue weighted by molar-refractivity contribution is -0.117. The fourth-order valence-electron chi connectivity index (χ4n) is 6.07. The Balaban J connectivity index is 1.46. The molecular weight excluding hydrogens is 466 g/mol. The van der Waals surface area contributed by atoms with Gasteiger partial charge in [0.15, 0.2) is 11.6 Å². The van der Waals surface area contributed by atoms with E-state index in [2.05, 4.69) is 39.1 Å². The van der Waals surface area contributed by atoms with E-state index in [-0.39, 0.29) is 29.0 Å². The Bertz CT molecular complexity index is 1510. The number of benzene rings is 1. The summed E-state index contributed by atoms with van der Waals surface area (Å²) in [5.74, 6) is -1.04. The molecule has 4 aromatic rings. The number of hydrogen-bond donors (Lipinski definition) is 1. The largest absolute Gasteiger partial charge is 0.369 e. The predicted octanol–water partition coefficient (Wildman–Crippen LogP) is 3.02. The lowest BCUT2D eigenvalue weighted by Gasteiger charge is -2.37. The van der Waals surface area contributed by atoms with Crippen LogP contribution >= 0.6 is 0 Å². The van der Waals surface area contributed by atoms with Crippen LogP contribution in [0.15, 0.2) is 43.0 Å². The van der Waals surface area contributed by atoms with Gasteiger partial charge in [0.25, 0.3) is 0 Å². The first-order chi connectivity index (χ1) is 17.2. The van der Waals surface area contributed by atoms with E-state index in [0.29, 0.717) is 17.3 Å². The smallest absolute Gasteiger partial charge is 0.225 e. The van der Waals surface area contributed by atoms with Gasteiger partial charge in [0.05, 0.1) is 40.7 Å². The quantitative estimate of drug-likeness (QED) is 0.458. The van der Waals surface area contributed by atoms with Gasteiger partial charge in [-0.2, -0.15) is 5.10 Å². The lowest BCUT2D eigenvalue weighted by Crippen LogP contribution is -2.38. The average Bonchev–Trinajstić information content (AvgIpc) is 3.46. The van der Waals surface area contributed by atoms with E-state index in [4.69, 9.17) is 10.7 Å². The molecule has 0 spiro atoms. The molecule has 2 bridgehead atoms. The summed E-state index contributed by atoms with van der Waals surface area (Å²) in [5.41, 5.74) is 6.73. The van der Waals surface area contributed by atoms with Crippen molar-refractivity contribution in [3.05, 3.63) is 77.4 Å². The normalized spacial score (nSPS) is 21.5. The van der Waals surface area contributed by atoms with Crippen LogP contribution in [0.25, 0.3) is 17.1 Å². The number of carbonyl (C=O) groups is 1. The molecule has 6 rings (SSSR count). The van der Waals surface area contributed by atoms with Crippen molar-refractivity contribution in [1.82, 2.24) is 34.9 Å². The summed E-state index contributed by atoms with van der Waals surface area (Å²) in [6.45, 7) is 4.31. The summed E-state index contributed by atoms with van der Waals surface area (Å²) in [6.07, 6.45) is 6.31. The number of nitrogens with two attached hydrogens (primary N) is 1. The average molecular weight is 489 g/mol. The minimum Gasteiger partial charge on any atom is -0.369 e. The Hall–Kier alpha value is -4.15. The summed E-state index contributed by atoms with van der Waals surface area (Å²) in [6, 6.07) is 5.52. The molecule has 36 heavy (non-hydrogen) atoms. The molecule has 1 amide bonds. The number of hydrogen-bond acceptors (Lipinski definition) is 7. The van der Waals surface area contributed by atoms with Crippen LogP contribution in [-0.4, -0.2) is 40.8 Å². The first-order valence-corrected chi connectivity index (χ1v) is 11.6. The van der Waals surface area contributed by atoms with Crippen molar-refractivity contribution >= 4 is 5.91 Å². The van der Waals surface area contributed by atoms with E-state index in [1.54, 1.807) is 18.5 Å². The molecule has 1 aromatic carbocycles. The van der Waals surface area contributed by atoms with E-state index in [1.165, 1.54) is 29.2 Å². The molecule has 0 radical (unpaired) electrons. The highest BCUT2D eigenvalue weighted by Gasteiger charge is 2.65. The van der Waals surface area contributed by atoms with Crippen molar-refractivity contribution in [3.8, 4) is 17.1 Å². The molecular formula is C25H22F2N8O. The summed E-state index contributed by atoms with van der Waals surface area (Å²) < 4.78 is 30.4. The van der Waals surface area contributed by atoms with Crippen molar-refractivity contribution in [2.75, 3.05) is 0 Å². The van der Waals surface area contributed by atoms with Crippen molar-refractivity contribution in [2.45, 2.75) is 44.4 Å². The molecule has 1 saturated carbocycles. The molecule has 2 aliphatic carbocycles. The van der Waals surface area contributed by atoms with Gasteiger partial charge in [-0.15, -0.1) is 10.2 Å². The van der Waals surface area contributed by atoms with Gasteiger partial charge >= 0.3 is 0 Å². The van der Waals surface area contributed by atoms with E-state index in [9.17, 15) is 13.6 Å². The zero-order chi connectivity index (χ0) is 25.2. The van der Waals surface area contributed by atoms with Crippen LogP contribution in [0.1, 0.15) is 55.4 Å². The highest BCUT2D eigenvalue weighted by molar-refractivity contribution is 5.75. The van der Waals surface area contributed by atoms with Gasteiger partial charge in [-0.3, -0.25) is 9.78 Å². The number of nitrogens with zero attached hydrogens (tertiary/aromatic N) is 7. The van der Waals surface area contributed by atoms with Gasteiger partial charge in [-0.1, -0.05) is 19.9 Å². The zero-order valence-corrected chi connectivity index (χ0v) is 19.6. The number of fused-ring (bicyclic) bond motifs is 5. The second-order valence-corrected chi connectivity index (χ2v) is 9.86. The van der Waals surface area contributed by atoms with Crippen LogP contribution in [0, 0.1) is 17.0 Å². The van der Waals surface area contributed by atoms with Crippen LogP contribution in [-0.2, 0) is 16.6 Å². The van der Waals surface area contributed by atoms with Gasteiger partial charge < -0.3 is 5.73 Å². The maximum atomic E-state index is 14.5. The third-order valence-electron chi connectivity index (χ3n) is 7.77. The Morgan fingerprint density at radius 1 is 1.19 bits per heavy atom. The van der Waals surface area contributed by atoms with Crippen LogP contribution in [0.3, 0.4) is 0 Å². The molecule has 1 fully saturated rings. The number of aromatic nitrogens is 7. The Labute approximate surface area is 204 Å². The number of amides is 1. The fraction of sp³-hybridized carbons (Fsp3) is 0.320. The number of rotatable bonds is 5. The second kappa shape index (κ2) is 7.67. The number of carbonyl (C=O) groups excluding carboxylic acids is 1. The maximum Gasteiger partial charge on any atom is 0.225 e. The zero-order valence-electron chi connectivity index (χ0n) is 19.6. The standard InChI is InChI=1S/C25H22F2N8O/c1-24(2)14-6-7-25(24,18-10-29-11-21(31-18)35-12-30-20(34-35)9-19(28)36)23-13(14)8-17(32-33-23)22-15(26)4-3-5-16(22)27/h3-5,8,10-12,14H,6-7,9H2,1-2H3,(H2,28,36)/t14-,25-/m0/s1. The summed E-state index contributed by atoms with van der Waals surface area (Å²) in [5, 5.41) is 13.1. The Kier molecular flexibility index (Phi) is 4.76. The third kappa shape index (κ3) is 3.01. The maximum absolute atomic E-state index is 14.5. The molecule has 11 heteroatoms. The molecule has 3 heterocycles. The van der Waals surface area contributed by atoms with Gasteiger partial charge in [0, 0.05) is 6.20 Å². The molecule has 0 aliphatic heterocycles. The van der Waals surface area contributed by atoms with E-state index >= 15 is 0 Å². The molecule has 0 unspecified atom stereocenters. The molecule has 9 nitrogen and oxygen atoms in total. The molecule has 2 atom stereocenters. The predicted molar refractivity (Wildman–Crippen MR) is 124 cm³/mol. The summed E-state index contributed by atoms with van der Waals surface area (Å²) >= 11 is 0. The third-order valence-corrected chi connectivity index (χ3v) is 7.77. The minimum absolute atomic E-state index is 0.0767. The molecule has 2 aliphatic rings. The fourth-order valence-corrected chi connectivity index (χ4v) is 6.07. The summed E-state index contributed by atoms with van der Waals surface area (Å²) in [4.78, 5) is 24.6. The highest BCUT2D eigenvalue weighted by atomic mass is 19.1. The van der Waals surface area contributed by atoms with E-state index in [0.717, 1.165) is 24.1 Å². The minimum atomic E-state index is -0.677. The number of primary amides is 1. The van der Waals surface area contributed by atoms with Gasteiger partial charge in [-0.25, -0.2) is 23.4 Å². The molecule has 182 valence electrons. The molecule has 0 saturated heterocycles. The van der Waals surface area contributed by atoms with E-state index in [1.807, 2.05) is 0 Å². The Morgan fingerprint density at radius 3 is 2.72 bits per heavy atom. The van der Waals surface area contributed by atoms with Gasteiger partial charge in [0.1, 0.15) is 18.0 Å². The highest BCUT2D eigenvalue weighted by Crippen LogP contribution is 2.69. The molecule has 2 N–H and O–H groups in total. The Morgan fingerprint density at radius 2 is 1.97 bits per heavy atom. The monoisotopic (exact) mass is 488 g/mol. The van der Waals surface area contributed by atoms with Crippen LogP contribution in [0.4, 0.5) is 8.78 Å². The second-order valence-electron chi connectivity index (χ2n) is 9.86. The SMILES string of the molecule is CC1(C)[C@H]2CC[C@]1(c1cncc(-n3cnc(CC(N)=O)n3)n1)c1nnc(-c3c(F)cccc3F)cc12. The number of halogens is 2. The van der Waals surface area contributed by atoms with Gasteiger partial charge in [0.2, 0.25) is 5.91 Å². The first-order valence-electron chi connectivity index (χ1n) is 11.6. The lowest BCUT2D eigenvalue weighted by atomic mass is 9.66. The van der Waals surface area contributed by atoms with Gasteiger partial charge in [-0.05, 0) is 47.9 Å². The first kappa shape index (κ1) is 22.3. The molecule has 3 aromatic heterocycles. The van der Waals surface area contributed by atoms with Crippen LogP contribution in [0.5, 0.6) is 0 Å². The summed E-state index contributed by atoms with van der Waals surface area (Å²) in [7, 11) is 0. The van der Waals surface area contributed by atoms with Crippen LogP contribution < -0.4 is 5.73 Å². The van der Waals surface area contributed by atoms with Crippen molar-refractivity contribution in [3.63, 3.8) is 0 Å². The van der Waals surface area contributed by atoms with Crippen molar-refractivity contribution < 1.29 is 13.6 Å². The van der Waals surface area contributed by atoms with Crippen molar-refractivity contribution in [2.24, 2.45) is 11.1 Å². The van der Waals surface area contributed by atoms with Crippen molar-refractivity contribution in [1.29, 1.82) is 0 Å².